The summed E-state index contributed by atoms with van der Waals surface area (Å²) in [6.07, 6.45) is 2.54. The van der Waals surface area contributed by atoms with E-state index >= 15 is 0 Å². The first-order valence-electron chi connectivity index (χ1n) is 10.0. The van der Waals surface area contributed by atoms with Crippen molar-refractivity contribution in [2.45, 2.75) is 37.4 Å². The van der Waals surface area contributed by atoms with Gasteiger partial charge in [-0.1, -0.05) is 12.1 Å². The number of carbonyl (C=O) groups excluding carboxylic acids is 1. The Labute approximate surface area is 178 Å². The predicted octanol–water partition coefficient (Wildman–Crippen LogP) is 1.34. The van der Waals surface area contributed by atoms with Crippen LogP contribution in [0.5, 0.6) is 5.88 Å². The van der Waals surface area contributed by atoms with Crippen LogP contribution in [0.3, 0.4) is 0 Å². The minimum atomic E-state index is -0.911. The molecule has 1 aliphatic heterocycles. The second-order valence-corrected chi connectivity index (χ2v) is 7.71. The fraction of sp³-hybridized carbons (Fsp3) is 0.429. The molecule has 1 saturated heterocycles. The van der Waals surface area contributed by atoms with Crippen LogP contribution in [0.4, 0.5) is 5.82 Å². The van der Waals surface area contributed by atoms with Gasteiger partial charge in [0.25, 0.3) is 5.91 Å². The van der Waals surface area contributed by atoms with Crippen molar-refractivity contribution in [3.05, 3.63) is 35.4 Å². The molecule has 1 aromatic heterocycles. The minimum Gasteiger partial charge on any atom is -0.471 e. The Hall–Kier alpha value is -3.26. The Balaban J connectivity index is 1.60. The standard InChI is InChI=1S/C21H23N5O5/c22-10-13-3-1-4-14(9-13)18-24-17(23)16(20(25-18)31-15-5-8-29-11-15)19(27)26-30-12-21(28)6-2-7-21/h1,3-4,9,15,28H,2,5-8,11-12H2,(H,26,27)(H2,23,24,25). The van der Waals surface area contributed by atoms with E-state index in [2.05, 4.69) is 21.5 Å². The molecule has 1 saturated carbocycles. The molecule has 2 fully saturated rings. The number of nitrogens with one attached hydrogen (secondary N) is 1. The molecule has 0 spiro atoms. The summed E-state index contributed by atoms with van der Waals surface area (Å²) in [4.78, 5) is 26.6. The van der Waals surface area contributed by atoms with Gasteiger partial charge in [0, 0.05) is 12.0 Å². The van der Waals surface area contributed by atoms with E-state index in [9.17, 15) is 9.90 Å². The van der Waals surface area contributed by atoms with Crippen molar-refractivity contribution in [2.24, 2.45) is 0 Å². The van der Waals surface area contributed by atoms with E-state index in [0.29, 0.717) is 43.6 Å². The Morgan fingerprint density at radius 1 is 1.42 bits per heavy atom. The van der Waals surface area contributed by atoms with Gasteiger partial charge in [-0.3, -0.25) is 9.63 Å². The number of nitrogens with zero attached hydrogens (tertiary/aromatic N) is 3. The summed E-state index contributed by atoms with van der Waals surface area (Å²) in [5, 5.41) is 19.3. The summed E-state index contributed by atoms with van der Waals surface area (Å²) in [7, 11) is 0. The summed E-state index contributed by atoms with van der Waals surface area (Å²) in [5.74, 6) is -0.537. The molecule has 10 nitrogen and oxygen atoms in total. The van der Waals surface area contributed by atoms with Crippen molar-refractivity contribution in [3.8, 4) is 23.3 Å². The lowest BCUT2D eigenvalue weighted by atomic mass is 9.81. The van der Waals surface area contributed by atoms with Crippen LogP contribution < -0.4 is 16.0 Å². The molecule has 31 heavy (non-hydrogen) atoms. The maximum Gasteiger partial charge on any atom is 0.284 e. The van der Waals surface area contributed by atoms with Gasteiger partial charge in [-0.2, -0.15) is 10.2 Å². The maximum atomic E-state index is 12.8. The van der Waals surface area contributed by atoms with Crippen LogP contribution in [-0.2, 0) is 9.57 Å². The molecule has 1 atom stereocenters. The average molecular weight is 425 g/mol. The predicted molar refractivity (Wildman–Crippen MR) is 109 cm³/mol. The number of hydrogen-bond acceptors (Lipinski definition) is 9. The molecule has 0 radical (unpaired) electrons. The Morgan fingerprint density at radius 2 is 2.26 bits per heavy atom. The molecular weight excluding hydrogens is 402 g/mol. The van der Waals surface area contributed by atoms with Crippen LogP contribution in [0.15, 0.2) is 24.3 Å². The smallest absolute Gasteiger partial charge is 0.284 e. The highest BCUT2D eigenvalue weighted by Gasteiger charge is 2.35. The van der Waals surface area contributed by atoms with Crippen molar-refractivity contribution in [1.29, 1.82) is 5.26 Å². The van der Waals surface area contributed by atoms with Crippen LogP contribution >= 0.6 is 0 Å². The minimum absolute atomic E-state index is 0.00353. The van der Waals surface area contributed by atoms with Crippen molar-refractivity contribution in [3.63, 3.8) is 0 Å². The zero-order valence-corrected chi connectivity index (χ0v) is 16.8. The number of anilines is 1. The van der Waals surface area contributed by atoms with Gasteiger partial charge in [0.1, 0.15) is 24.1 Å². The lowest BCUT2D eigenvalue weighted by Crippen LogP contribution is -2.44. The number of aromatic nitrogens is 2. The van der Waals surface area contributed by atoms with Gasteiger partial charge in [0.15, 0.2) is 5.82 Å². The van der Waals surface area contributed by atoms with Crippen LogP contribution in [-0.4, -0.2) is 52.5 Å². The first-order valence-corrected chi connectivity index (χ1v) is 10.0. The Bertz CT molecular complexity index is 1010. The van der Waals surface area contributed by atoms with Crippen molar-refractivity contribution >= 4 is 11.7 Å². The SMILES string of the molecule is N#Cc1cccc(-c2nc(N)c(C(=O)NOCC3(O)CCC3)c(OC3CCOC3)n2)c1. The largest absolute Gasteiger partial charge is 0.471 e. The van der Waals surface area contributed by atoms with Crippen LogP contribution in [0.25, 0.3) is 11.4 Å². The van der Waals surface area contributed by atoms with Crippen molar-refractivity contribution in [2.75, 3.05) is 25.6 Å². The highest BCUT2D eigenvalue weighted by atomic mass is 16.7. The summed E-state index contributed by atoms with van der Waals surface area (Å²) >= 11 is 0. The number of nitriles is 1. The molecule has 4 N–H and O–H groups in total. The van der Waals surface area contributed by atoms with Gasteiger partial charge < -0.3 is 20.3 Å². The van der Waals surface area contributed by atoms with Crippen molar-refractivity contribution < 1.29 is 24.2 Å². The molecule has 1 unspecified atom stereocenters. The molecule has 0 bridgehead atoms. The number of nitrogen functional groups attached to an aromatic ring is 1. The molecule has 2 aliphatic rings. The van der Waals surface area contributed by atoms with E-state index in [1.165, 1.54) is 0 Å². The number of ether oxygens (including phenoxy) is 2. The van der Waals surface area contributed by atoms with Crippen molar-refractivity contribution in [1.82, 2.24) is 15.4 Å². The Kier molecular flexibility index (Phi) is 5.99. The number of aliphatic hydroxyl groups is 1. The third kappa shape index (κ3) is 4.74. The number of carbonyl (C=O) groups is 1. The third-order valence-corrected chi connectivity index (χ3v) is 5.34. The van der Waals surface area contributed by atoms with Crippen LogP contribution in [0.2, 0.25) is 0 Å². The summed E-state index contributed by atoms with van der Waals surface area (Å²) < 4.78 is 11.3. The summed E-state index contributed by atoms with van der Waals surface area (Å²) in [5.41, 5.74) is 8.43. The van der Waals surface area contributed by atoms with Gasteiger partial charge in [-0.05, 0) is 31.4 Å². The van der Waals surface area contributed by atoms with E-state index in [1.807, 2.05) is 0 Å². The fourth-order valence-corrected chi connectivity index (χ4v) is 3.39. The van der Waals surface area contributed by atoms with E-state index in [-0.39, 0.29) is 35.8 Å². The average Bonchev–Trinajstić information content (AvgIpc) is 3.25. The number of rotatable bonds is 7. The first kappa shape index (κ1) is 21.0. The topological polar surface area (TPSA) is 153 Å². The number of amides is 1. The van der Waals surface area contributed by atoms with Gasteiger partial charge in [0.2, 0.25) is 5.88 Å². The van der Waals surface area contributed by atoms with Gasteiger partial charge in [-0.15, -0.1) is 0 Å². The van der Waals surface area contributed by atoms with E-state index < -0.39 is 11.5 Å². The molecule has 2 heterocycles. The van der Waals surface area contributed by atoms with E-state index in [4.69, 9.17) is 25.3 Å². The molecule has 1 aromatic carbocycles. The van der Waals surface area contributed by atoms with E-state index in [0.717, 1.165) is 6.42 Å². The maximum absolute atomic E-state index is 12.8. The number of hydrogen-bond donors (Lipinski definition) is 3. The normalized spacial score (nSPS) is 19.3. The van der Waals surface area contributed by atoms with Gasteiger partial charge in [0.05, 0.1) is 30.4 Å². The number of nitrogens with two attached hydrogens (primary N) is 1. The first-order chi connectivity index (χ1) is 15.0. The molecule has 1 aliphatic carbocycles. The van der Waals surface area contributed by atoms with E-state index in [1.54, 1.807) is 24.3 Å². The molecule has 162 valence electrons. The molecule has 4 rings (SSSR count). The quantitative estimate of drug-likeness (QED) is 0.558. The number of hydroxylamine groups is 1. The second-order valence-electron chi connectivity index (χ2n) is 7.71. The van der Waals surface area contributed by atoms with Crippen LogP contribution in [0.1, 0.15) is 41.6 Å². The summed E-state index contributed by atoms with van der Waals surface area (Å²) in [6, 6.07) is 8.79. The number of benzene rings is 1. The Morgan fingerprint density at radius 3 is 2.94 bits per heavy atom. The fourth-order valence-electron chi connectivity index (χ4n) is 3.39. The zero-order valence-electron chi connectivity index (χ0n) is 16.8. The highest BCUT2D eigenvalue weighted by molar-refractivity contribution is 6.00. The lowest BCUT2D eigenvalue weighted by molar-refractivity contribution is -0.113. The lowest BCUT2D eigenvalue weighted by Gasteiger charge is -2.35. The summed E-state index contributed by atoms with van der Waals surface area (Å²) in [6.45, 7) is 0.893. The third-order valence-electron chi connectivity index (χ3n) is 5.34. The second kappa shape index (κ2) is 8.85. The highest BCUT2D eigenvalue weighted by Crippen LogP contribution is 2.32. The molecule has 2 aromatic rings. The van der Waals surface area contributed by atoms with Crippen LogP contribution in [0, 0.1) is 11.3 Å². The monoisotopic (exact) mass is 425 g/mol. The van der Waals surface area contributed by atoms with Gasteiger partial charge in [-0.25, -0.2) is 10.5 Å². The van der Waals surface area contributed by atoms with Gasteiger partial charge >= 0.3 is 0 Å². The molecular formula is C21H23N5O5. The molecule has 10 heteroatoms. The molecule has 1 amide bonds. The zero-order chi connectivity index (χ0) is 21.8.